The number of piperazine rings is 1. The molecule has 2 saturated heterocycles. The number of likely N-dealkylation sites (tertiary alicyclic amines) is 1. The van der Waals surface area contributed by atoms with Crippen molar-refractivity contribution >= 4 is 23.4 Å². The van der Waals surface area contributed by atoms with Gasteiger partial charge in [-0.3, -0.25) is 9.89 Å². The minimum Gasteiger partial charge on any atom is -0.444 e. The largest absolute Gasteiger partial charge is 0.444 e. The molecule has 0 radical (unpaired) electrons. The number of guanidine groups is 1. The monoisotopic (exact) mass is 407 g/mol. The van der Waals surface area contributed by atoms with Crippen LogP contribution in [0.4, 0.5) is 4.79 Å². The van der Waals surface area contributed by atoms with Crippen LogP contribution in [0.15, 0.2) is 22.5 Å². The SMILES string of the molecule is CC(C)(C)OC(=O)N1CCN(C(N)=NCC(c2cccs2)N2CCCC2)CC1. The molecule has 28 heavy (non-hydrogen) atoms. The van der Waals surface area contributed by atoms with Crippen LogP contribution in [-0.2, 0) is 4.74 Å². The summed E-state index contributed by atoms with van der Waals surface area (Å²) in [4.78, 5) is 24.6. The Bertz CT molecular complexity index is 657. The molecule has 0 saturated carbocycles. The van der Waals surface area contributed by atoms with Crippen molar-refractivity contribution in [1.82, 2.24) is 14.7 Å². The number of nitrogens with zero attached hydrogens (tertiary/aromatic N) is 4. The van der Waals surface area contributed by atoms with Gasteiger partial charge >= 0.3 is 6.09 Å². The van der Waals surface area contributed by atoms with Crippen molar-refractivity contribution in [2.45, 2.75) is 45.3 Å². The van der Waals surface area contributed by atoms with Gasteiger partial charge in [-0.2, -0.15) is 0 Å². The summed E-state index contributed by atoms with van der Waals surface area (Å²) in [6, 6.07) is 4.61. The molecule has 3 rings (SSSR count). The first-order valence-electron chi connectivity index (χ1n) is 10.1. The van der Waals surface area contributed by atoms with E-state index in [1.165, 1.54) is 17.7 Å². The van der Waals surface area contributed by atoms with Gasteiger partial charge in [-0.15, -0.1) is 11.3 Å². The summed E-state index contributed by atoms with van der Waals surface area (Å²) in [5, 5.41) is 2.13. The average molecular weight is 408 g/mol. The second-order valence-electron chi connectivity index (χ2n) is 8.43. The maximum Gasteiger partial charge on any atom is 0.410 e. The van der Waals surface area contributed by atoms with E-state index in [-0.39, 0.29) is 6.09 Å². The topological polar surface area (TPSA) is 74.4 Å². The number of rotatable bonds is 4. The van der Waals surface area contributed by atoms with Gasteiger partial charge in [0.1, 0.15) is 5.60 Å². The molecule has 3 heterocycles. The number of nitrogens with two attached hydrogens (primary N) is 1. The van der Waals surface area contributed by atoms with Gasteiger partial charge in [-0.05, 0) is 58.1 Å². The molecule has 7 nitrogen and oxygen atoms in total. The highest BCUT2D eigenvalue weighted by Crippen LogP contribution is 2.28. The van der Waals surface area contributed by atoms with Gasteiger partial charge in [0.05, 0.1) is 12.6 Å². The predicted octanol–water partition coefficient (Wildman–Crippen LogP) is 2.75. The van der Waals surface area contributed by atoms with Crippen molar-refractivity contribution in [3.05, 3.63) is 22.4 Å². The Hall–Kier alpha value is -1.80. The smallest absolute Gasteiger partial charge is 0.410 e. The summed E-state index contributed by atoms with van der Waals surface area (Å²) in [6.45, 7) is 11.2. The Labute approximate surface area is 172 Å². The average Bonchev–Trinajstić information content (AvgIpc) is 3.35. The van der Waals surface area contributed by atoms with Crippen LogP contribution in [-0.4, -0.2) is 78.2 Å². The van der Waals surface area contributed by atoms with Crippen molar-refractivity contribution in [1.29, 1.82) is 0 Å². The third kappa shape index (κ3) is 5.61. The molecule has 156 valence electrons. The van der Waals surface area contributed by atoms with E-state index < -0.39 is 5.60 Å². The van der Waals surface area contributed by atoms with Gasteiger partial charge in [0, 0.05) is 31.1 Å². The maximum absolute atomic E-state index is 12.2. The third-order valence-electron chi connectivity index (χ3n) is 5.13. The van der Waals surface area contributed by atoms with Gasteiger partial charge in [0.25, 0.3) is 0 Å². The Morgan fingerprint density at radius 2 is 1.82 bits per heavy atom. The van der Waals surface area contributed by atoms with Crippen LogP contribution in [0, 0.1) is 0 Å². The number of hydrogen-bond donors (Lipinski definition) is 1. The minimum absolute atomic E-state index is 0.255. The summed E-state index contributed by atoms with van der Waals surface area (Å²) >= 11 is 1.79. The van der Waals surface area contributed by atoms with E-state index in [1.807, 2.05) is 20.8 Å². The lowest BCUT2D eigenvalue weighted by Gasteiger charge is -2.36. The molecule has 1 atom stereocenters. The van der Waals surface area contributed by atoms with E-state index in [0.29, 0.717) is 44.7 Å². The van der Waals surface area contributed by atoms with Crippen LogP contribution in [0.2, 0.25) is 0 Å². The predicted molar refractivity (Wildman–Crippen MR) is 114 cm³/mol. The number of ether oxygens (including phenoxy) is 1. The summed E-state index contributed by atoms with van der Waals surface area (Å²) in [7, 11) is 0. The zero-order chi connectivity index (χ0) is 20.1. The molecule has 0 bridgehead atoms. The molecule has 0 spiro atoms. The summed E-state index contributed by atoms with van der Waals surface area (Å²) in [6.07, 6.45) is 2.26. The first-order valence-corrected chi connectivity index (χ1v) is 11.0. The fourth-order valence-corrected chi connectivity index (χ4v) is 4.50. The van der Waals surface area contributed by atoms with Gasteiger partial charge in [-0.1, -0.05) is 6.07 Å². The van der Waals surface area contributed by atoms with Crippen LogP contribution in [0.5, 0.6) is 0 Å². The molecule has 2 aliphatic heterocycles. The fraction of sp³-hybridized carbons (Fsp3) is 0.700. The number of carbonyl (C=O) groups is 1. The normalized spacial score (nSPS) is 20.5. The Morgan fingerprint density at radius 3 is 2.39 bits per heavy atom. The molecule has 1 aromatic heterocycles. The van der Waals surface area contributed by atoms with E-state index >= 15 is 0 Å². The van der Waals surface area contributed by atoms with E-state index in [0.717, 1.165) is 13.1 Å². The van der Waals surface area contributed by atoms with Crippen molar-refractivity contribution in [2.24, 2.45) is 10.7 Å². The number of aliphatic imine (C=N–C) groups is 1. The lowest BCUT2D eigenvalue weighted by molar-refractivity contribution is 0.0186. The van der Waals surface area contributed by atoms with Gasteiger partial charge in [0.15, 0.2) is 5.96 Å². The molecule has 2 aliphatic rings. The van der Waals surface area contributed by atoms with Crippen molar-refractivity contribution in [3.8, 4) is 0 Å². The fourth-order valence-electron chi connectivity index (χ4n) is 3.64. The van der Waals surface area contributed by atoms with E-state index in [4.69, 9.17) is 15.5 Å². The molecule has 2 N–H and O–H groups in total. The molecule has 1 aromatic rings. The number of amides is 1. The van der Waals surface area contributed by atoms with Crippen molar-refractivity contribution < 1.29 is 9.53 Å². The second-order valence-corrected chi connectivity index (χ2v) is 9.41. The Balaban J connectivity index is 1.54. The number of carbonyl (C=O) groups excluding carboxylic acids is 1. The third-order valence-corrected chi connectivity index (χ3v) is 6.11. The molecule has 0 aliphatic carbocycles. The van der Waals surface area contributed by atoms with Crippen LogP contribution in [0.25, 0.3) is 0 Å². The summed E-state index contributed by atoms with van der Waals surface area (Å²) in [5.41, 5.74) is 5.83. The van der Waals surface area contributed by atoms with Crippen LogP contribution >= 0.6 is 11.3 Å². The molecular formula is C20H33N5O2S. The van der Waals surface area contributed by atoms with Crippen molar-refractivity contribution in [2.75, 3.05) is 45.8 Å². The van der Waals surface area contributed by atoms with Crippen LogP contribution in [0.3, 0.4) is 0 Å². The molecule has 1 unspecified atom stereocenters. The molecule has 0 aromatic carbocycles. The standard InChI is InChI=1S/C20H33N5O2S/c1-20(2,3)27-19(26)25-12-10-24(11-13-25)18(21)22-15-16(17-7-6-14-28-17)23-8-4-5-9-23/h6-7,14,16H,4-5,8-13,15H2,1-3H3,(H2,21,22). The molecule has 1 amide bonds. The van der Waals surface area contributed by atoms with Gasteiger partial charge in [-0.25, -0.2) is 4.79 Å². The minimum atomic E-state index is -0.471. The molecular weight excluding hydrogens is 374 g/mol. The summed E-state index contributed by atoms with van der Waals surface area (Å²) < 4.78 is 5.45. The zero-order valence-corrected chi connectivity index (χ0v) is 18.1. The van der Waals surface area contributed by atoms with E-state index in [9.17, 15) is 4.79 Å². The highest BCUT2D eigenvalue weighted by molar-refractivity contribution is 7.10. The Morgan fingerprint density at radius 1 is 1.18 bits per heavy atom. The quantitative estimate of drug-likeness (QED) is 0.614. The lowest BCUT2D eigenvalue weighted by atomic mass is 10.2. The number of thiophene rings is 1. The lowest BCUT2D eigenvalue weighted by Crippen LogP contribution is -2.53. The van der Waals surface area contributed by atoms with Gasteiger partial charge < -0.3 is 20.3 Å². The Kier molecular flexibility index (Phi) is 6.82. The summed E-state index contributed by atoms with van der Waals surface area (Å²) in [5.74, 6) is 0.574. The second kappa shape index (κ2) is 9.13. The van der Waals surface area contributed by atoms with E-state index in [2.05, 4.69) is 27.3 Å². The first kappa shape index (κ1) is 20.9. The van der Waals surface area contributed by atoms with E-state index in [1.54, 1.807) is 16.2 Å². The van der Waals surface area contributed by atoms with Crippen molar-refractivity contribution in [3.63, 3.8) is 0 Å². The highest BCUT2D eigenvalue weighted by atomic mass is 32.1. The van der Waals surface area contributed by atoms with Crippen LogP contribution in [0.1, 0.15) is 44.5 Å². The number of hydrogen-bond acceptors (Lipinski definition) is 5. The zero-order valence-electron chi connectivity index (χ0n) is 17.3. The van der Waals surface area contributed by atoms with Crippen LogP contribution < -0.4 is 5.73 Å². The first-order chi connectivity index (χ1) is 13.3. The molecule has 2 fully saturated rings. The highest BCUT2D eigenvalue weighted by Gasteiger charge is 2.27. The maximum atomic E-state index is 12.2. The molecule has 8 heteroatoms. The van der Waals surface area contributed by atoms with Gasteiger partial charge in [0.2, 0.25) is 0 Å².